The van der Waals surface area contributed by atoms with E-state index < -0.39 is 5.91 Å². The van der Waals surface area contributed by atoms with Crippen LogP contribution in [0.5, 0.6) is 0 Å². The number of benzene rings is 2. The summed E-state index contributed by atoms with van der Waals surface area (Å²) in [6.45, 7) is 4.82. The van der Waals surface area contributed by atoms with Gasteiger partial charge in [-0.1, -0.05) is 41.9 Å². The summed E-state index contributed by atoms with van der Waals surface area (Å²) >= 11 is 5.90. The van der Waals surface area contributed by atoms with Gasteiger partial charge in [-0.2, -0.15) is 10.2 Å². The van der Waals surface area contributed by atoms with Crippen molar-refractivity contribution < 1.29 is 4.79 Å². The highest BCUT2D eigenvalue weighted by Crippen LogP contribution is 2.18. The fourth-order valence-corrected chi connectivity index (χ4v) is 3.75. The van der Waals surface area contributed by atoms with Crippen LogP contribution >= 0.6 is 11.6 Å². The third kappa shape index (κ3) is 5.78. The first-order chi connectivity index (χ1) is 16.0. The number of para-hydroxylation sites is 1. The largest absolute Gasteiger partial charge is 0.368 e. The van der Waals surface area contributed by atoms with Crippen molar-refractivity contribution >= 4 is 34.7 Å². The van der Waals surface area contributed by atoms with Crippen molar-refractivity contribution in [3.8, 4) is 0 Å². The topological polar surface area (TPSA) is 82.8 Å². The summed E-state index contributed by atoms with van der Waals surface area (Å²) in [6.07, 6.45) is 0. The minimum Gasteiger partial charge on any atom is -0.368 e. The second-order valence-electron chi connectivity index (χ2n) is 7.74. The van der Waals surface area contributed by atoms with E-state index in [1.54, 1.807) is 25.1 Å². The first-order valence-electron chi connectivity index (χ1n) is 10.7. The van der Waals surface area contributed by atoms with Crippen LogP contribution in [0.25, 0.3) is 0 Å². The molecular formula is C24H25ClN6O2. The maximum Gasteiger partial charge on any atom is 0.267 e. The van der Waals surface area contributed by atoms with Gasteiger partial charge in [0.15, 0.2) is 0 Å². The van der Waals surface area contributed by atoms with Crippen LogP contribution in [0.4, 0.5) is 11.5 Å². The third-order valence-electron chi connectivity index (χ3n) is 5.48. The Morgan fingerprint density at radius 1 is 0.970 bits per heavy atom. The number of rotatable bonds is 6. The molecule has 1 aromatic heterocycles. The molecule has 1 saturated heterocycles. The van der Waals surface area contributed by atoms with E-state index in [2.05, 4.69) is 37.6 Å². The van der Waals surface area contributed by atoms with E-state index in [9.17, 15) is 9.59 Å². The lowest BCUT2D eigenvalue weighted by Gasteiger charge is -2.36. The molecule has 3 aromatic rings. The summed E-state index contributed by atoms with van der Waals surface area (Å²) < 4.78 is 1.17. The summed E-state index contributed by atoms with van der Waals surface area (Å²) in [5.41, 5.74) is 4.82. The van der Waals surface area contributed by atoms with E-state index in [0.29, 0.717) is 16.6 Å². The number of carbonyl (C=O) groups excluding carboxylic acids is 1. The molecule has 0 radical (unpaired) electrons. The fraction of sp³-hybridized carbons (Fsp3) is 0.250. The van der Waals surface area contributed by atoms with Gasteiger partial charge in [0.05, 0.1) is 5.71 Å². The van der Waals surface area contributed by atoms with Crippen LogP contribution in [0, 0.1) is 0 Å². The van der Waals surface area contributed by atoms with E-state index in [1.165, 1.54) is 16.4 Å². The van der Waals surface area contributed by atoms with Gasteiger partial charge in [-0.15, -0.1) is 0 Å². The Hall–Kier alpha value is -3.65. The van der Waals surface area contributed by atoms with E-state index in [0.717, 1.165) is 31.7 Å². The molecule has 2 heterocycles. The second kappa shape index (κ2) is 10.3. The molecule has 0 bridgehead atoms. The molecule has 0 unspecified atom stereocenters. The minimum atomic E-state index is -0.427. The lowest BCUT2D eigenvalue weighted by atomic mass is 10.1. The Labute approximate surface area is 197 Å². The smallest absolute Gasteiger partial charge is 0.267 e. The maximum atomic E-state index is 12.4. The van der Waals surface area contributed by atoms with Crippen LogP contribution in [0.2, 0.25) is 5.02 Å². The number of anilines is 2. The number of nitrogens with one attached hydrogen (secondary N) is 1. The molecule has 1 N–H and O–H groups in total. The molecule has 9 heteroatoms. The Morgan fingerprint density at radius 2 is 1.64 bits per heavy atom. The van der Waals surface area contributed by atoms with Gasteiger partial charge in [-0.25, -0.2) is 10.1 Å². The number of halogens is 1. The molecule has 170 valence electrons. The standard InChI is InChI=1S/C24H25ClN6O2/c1-18(19-7-9-20(25)10-8-19)26-27-23(32)17-31-24(33)12-11-22(28-31)30-15-13-29(14-16-30)21-5-3-2-4-6-21/h2-12H,13-17H2,1H3,(H,27,32)/b26-18+. The molecule has 1 aliphatic rings. The second-order valence-corrected chi connectivity index (χ2v) is 8.17. The Morgan fingerprint density at radius 3 is 2.33 bits per heavy atom. The third-order valence-corrected chi connectivity index (χ3v) is 5.73. The van der Waals surface area contributed by atoms with Crippen LogP contribution in [-0.2, 0) is 11.3 Å². The molecule has 0 saturated carbocycles. The van der Waals surface area contributed by atoms with Gasteiger partial charge in [-0.3, -0.25) is 9.59 Å². The van der Waals surface area contributed by atoms with Gasteiger partial charge in [0, 0.05) is 43.0 Å². The molecule has 1 amide bonds. The lowest BCUT2D eigenvalue weighted by Crippen LogP contribution is -2.47. The number of hydrazone groups is 1. The van der Waals surface area contributed by atoms with E-state index >= 15 is 0 Å². The summed E-state index contributed by atoms with van der Waals surface area (Å²) in [7, 11) is 0. The highest BCUT2D eigenvalue weighted by molar-refractivity contribution is 6.30. The van der Waals surface area contributed by atoms with Crippen molar-refractivity contribution in [2.45, 2.75) is 13.5 Å². The van der Waals surface area contributed by atoms with Crippen LogP contribution in [0.15, 0.2) is 76.6 Å². The summed E-state index contributed by atoms with van der Waals surface area (Å²) in [5, 5.41) is 9.16. The fourth-order valence-electron chi connectivity index (χ4n) is 3.63. The predicted octanol–water partition coefficient (Wildman–Crippen LogP) is 2.76. The van der Waals surface area contributed by atoms with Gasteiger partial charge in [0.2, 0.25) is 0 Å². The highest BCUT2D eigenvalue weighted by Gasteiger charge is 2.19. The van der Waals surface area contributed by atoms with Crippen molar-refractivity contribution in [2.75, 3.05) is 36.0 Å². The van der Waals surface area contributed by atoms with Crippen molar-refractivity contribution in [2.24, 2.45) is 5.10 Å². The number of amides is 1. The molecule has 33 heavy (non-hydrogen) atoms. The number of hydrogen-bond donors (Lipinski definition) is 1. The molecular weight excluding hydrogens is 440 g/mol. The van der Waals surface area contributed by atoms with E-state index in [-0.39, 0.29) is 12.1 Å². The number of aromatic nitrogens is 2. The zero-order chi connectivity index (χ0) is 23.2. The van der Waals surface area contributed by atoms with Crippen molar-refractivity contribution in [3.05, 3.63) is 87.7 Å². The molecule has 4 rings (SSSR count). The monoisotopic (exact) mass is 464 g/mol. The average Bonchev–Trinajstić information content (AvgIpc) is 2.85. The molecule has 0 aliphatic carbocycles. The van der Waals surface area contributed by atoms with Crippen LogP contribution in [0.1, 0.15) is 12.5 Å². The highest BCUT2D eigenvalue weighted by atomic mass is 35.5. The molecule has 8 nitrogen and oxygen atoms in total. The van der Waals surface area contributed by atoms with Gasteiger partial charge in [-0.05, 0) is 42.8 Å². The first-order valence-corrected chi connectivity index (χ1v) is 11.1. The number of nitrogens with zero attached hydrogens (tertiary/aromatic N) is 5. The zero-order valence-corrected chi connectivity index (χ0v) is 19.1. The summed E-state index contributed by atoms with van der Waals surface area (Å²) in [6, 6.07) is 20.6. The minimum absolute atomic E-state index is 0.214. The zero-order valence-electron chi connectivity index (χ0n) is 18.3. The van der Waals surface area contributed by atoms with Crippen molar-refractivity contribution in [1.29, 1.82) is 0 Å². The van der Waals surface area contributed by atoms with Crippen molar-refractivity contribution in [1.82, 2.24) is 15.2 Å². The van der Waals surface area contributed by atoms with Crippen LogP contribution in [0.3, 0.4) is 0 Å². The Kier molecular flexibility index (Phi) is 7.04. The Bertz CT molecular complexity index is 1190. The number of carbonyl (C=O) groups is 1. The summed E-state index contributed by atoms with van der Waals surface area (Å²) in [5.74, 6) is 0.250. The van der Waals surface area contributed by atoms with Crippen LogP contribution < -0.4 is 20.8 Å². The lowest BCUT2D eigenvalue weighted by molar-refractivity contribution is -0.121. The van der Waals surface area contributed by atoms with Crippen molar-refractivity contribution in [3.63, 3.8) is 0 Å². The summed E-state index contributed by atoms with van der Waals surface area (Å²) in [4.78, 5) is 29.1. The SMILES string of the molecule is C/C(=N\NC(=O)Cn1nc(N2CCN(c3ccccc3)CC2)ccc1=O)c1ccc(Cl)cc1. The predicted molar refractivity (Wildman–Crippen MR) is 131 cm³/mol. The maximum absolute atomic E-state index is 12.4. The number of hydrogen-bond acceptors (Lipinski definition) is 6. The van der Waals surface area contributed by atoms with E-state index in [4.69, 9.17) is 11.6 Å². The van der Waals surface area contributed by atoms with E-state index in [1.807, 2.05) is 30.3 Å². The molecule has 0 spiro atoms. The van der Waals surface area contributed by atoms with Gasteiger partial charge in [0.25, 0.3) is 11.5 Å². The quantitative estimate of drug-likeness (QED) is 0.448. The first kappa shape index (κ1) is 22.5. The van der Waals surface area contributed by atoms with Gasteiger partial charge >= 0.3 is 0 Å². The van der Waals surface area contributed by atoms with Gasteiger partial charge < -0.3 is 9.80 Å². The van der Waals surface area contributed by atoms with Gasteiger partial charge in [0.1, 0.15) is 12.4 Å². The molecule has 0 atom stereocenters. The average molecular weight is 465 g/mol. The van der Waals surface area contributed by atoms with Crippen LogP contribution in [-0.4, -0.2) is 47.6 Å². The molecule has 1 fully saturated rings. The Balaban J connectivity index is 1.37. The normalized spacial score (nSPS) is 14.3. The molecule has 1 aliphatic heterocycles. The number of piperazine rings is 1. The molecule has 2 aromatic carbocycles.